The summed E-state index contributed by atoms with van der Waals surface area (Å²) in [6, 6.07) is -0.325. The van der Waals surface area contributed by atoms with Crippen LogP contribution in [0, 0.1) is 5.92 Å². The van der Waals surface area contributed by atoms with Crippen molar-refractivity contribution >= 4 is 5.91 Å². The third-order valence-electron chi connectivity index (χ3n) is 3.32. The minimum absolute atomic E-state index is 0.0109. The van der Waals surface area contributed by atoms with Gasteiger partial charge in [-0.1, -0.05) is 20.3 Å². The zero-order valence-corrected chi connectivity index (χ0v) is 10.5. The molecule has 1 heterocycles. The van der Waals surface area contributed by atoms with Gasteiger partial charge >= 0.3 is 0 Å². The maximum Gasteiger partial charge on any atom is 0.236 e. The van der Waals surface area contributed by atoms with E-state index in [0.717, 1.165) is 39.0 Å². The topological polar surface area (TPSA) is 58.4 Å². The molecule has 1 fully saturated rings. The fraction of sp³-hybridized carbons (Fsp3) is 0.917. The normalized spacial score (nSPS) is 23.3. The lowest BCUT2D eigenvalue weighted by atomic mass is 10.1. The fourth-order valence-corrected chi connectivity index (χ4v) is 2.18. The van der Waals surface area contributed by atoms with Gasteiger partial charge in [0.25, 0.3) is 0 Å². The third kappa shape index (κ3) is 4.10. The van der Waals surface area contributed by atoms with Gasteiger partial charge in [0.05, 0.1) is 6.04 Å². The Morgan fingerprint density at radius 2 is 2.31 bits per heavy atom. The second kappa shape index (κ2) is 6.86. The summed E-state index contributed by atoms with van der Waals surface area (Å²) in [7, 11) is 0. The summed E-state index contributed by atoms with van der Waals surface area (Å²) >= 11 is 0. The lowest BCUT2D eigenvalue weighted by molar-refractivity contribution is -0.122. The second-order valence-corrected chi connectivity index (χ2v) is 4.69. The van der Waals surface area contributed by atoms with Crippen molar-refractivity contribution in [2.45, 2.75) is 39.2 Å². The molecule has 94 valence electrons. The van der Waals surface area contributed by atoms with E-state index in [1.807, 2.05) is 6.92 Å². The van der Waals surface area contributed by atoms with Crippen LogP contribution in [0.5, 0.6) is 0 Å². The van der Waals surface area contributed by atoms with Gasteiger partial charge in [0.15, 0.2) is 0 Å². The molecule has 4 nitrogen and oxygen atoms in total. The summed E-state index contributed by atoms with van der Waals surface area (Å²) in [5, 5.41) is 2.96. The zero-order chi connectivity index (χ0) is 12.0. The molecule has 2 atom stereocenters. The van der Waals surface area contributed by atoms with E-state index in [1.54, 1.807) is 0 Å². The van der Waals surface area contributed by atoms with E-state index in [1.165, 1.54) is 6.42 Å². The molecule has 0 aromatic carbocycles. The standard InChI is InChI=1S/C12H25N3O/c1-3-5-11(13)12(16)14-8-10-6-7-15(4-2)9-10/h10-11H,3-9,13H2,1-2H3,(H,14,16). The van der Waals surface area contributed by atoms with Crippen molar-refractivity contribution in [2.24, 2.45) is 11.7 Å². The van der Waals surface area contributed by atoms with Crippen molar-refractivity contribution in [1.82, 2.24) is 10.2 Å². The number of hydrogen-bond donors (Lipinski definition) is 2. The van der Waals surface area contributed by atoms with Gasteiger partial charge in [0.2, 0.25) is 5.91 Å². The van der Waals surface area contributed by atoms with Crippen LogP contribution in [0.1, 0.15) is 33.1 Å². The molecule has 0 aromatic rings. The maximum absolute atomic E-state index is 11.6. The van der Waals surface area contributed by atoms with Crippen LogP contribution in [0.2, 0.25) is 0 Å². The van der Waals surface area contributed by atoms with Gasteiger partial charge in [0.1, 0.15) is 0 Å². The van der Waals surface area contributed by atoms with E-state index in [0.29, 0.717) is 5.92 Å². The number of carbonyl (C=O) groups excluding carboxylic acids is 1. The molecular weight excluding hydrogens is 202 g/mol. The molecule has 1 amide bonds. The highest BCUT2D eigenvalue weighted by Gasteiger charge is 2.22. The molecule has 1 rings (SSSR count). The van der Waals surface area contributed by atoms with Crippen molar-refractivity contribution in [3.05, 3.63) is 0 Å². The summed E-state index contributed by atoms with van der Waals surface area (Å²) in [6.45, 7) is 8.39. The molecular formula is C12H25N3O. The van der Waals surface area contributed by atoms with Crippen LogP contribution < -0.4 is 11.1 Å². The largest absolute Gasteiger partial charge is 0.354 e. The molecule has 1 aliphatic heterocycles. The van der Waals surface area contributed by atoms with Crippen molar-refractivity contribution in [3.63, 3.8) is 0 Å². The van der Waals surface area contributed by atoms with Crippen LogP contribution in [0.3, 0.4) is 0 Å². The number of nitrogens with one attached hydrogen (secondary N) is 1. The van der Waals surface area contributed by atoms with E-state index in [4.69, 9.17) is 5.73 Å². The van der Waals surface area contributed by atoms with Crippen molar-refractivity contribution < 1.29 is 4.79 Å². The van der Waals surface area contributed by atoms with Gasteiger partial charge < -0.3 is 16.0 Å². The van der Waals surface area contributed by atoms with Crippen LogP contribution in [0.25, 0.3) is 0 Å². The van der Waals surface area contributed by atoms with Gasteiger partial charge in [0, 0.05) is 13.1 Å². The van der Waals surface area contributed by atoms with Crippen LogP contribution in [-0.4, -0.2) is 43.0 Å². The number of likely N-dealkylation sites (tertiary alicyclic amines) is 1. The molecule has 0 spiro atoms. The quantitative estimate of drug-likeness (QED) is 0.697. The molecule has 3 N–H and O–H groups in total. The van der Waals surface area contributed by atoms with Crippen LogP contribution in [0.15, 0.2) is 0 Å². The number of rotatable bonds is 6. The second-order valence-electron chi connectivity index (χ2n) is 4.69. The Bertz CT molecular complexity index is 220. The molecule has 0 aliphatic carbocycles. The SMILES string of the molecule is CCCC(N)C(=O)NCC1CCN(CC)C1. The maximum atomic E-state index is 11.6. The summed E-state index contributed by atoms with van der Waals surface area (Å²) in [5.74, 6) is 0.620. The predicted molar refractivity (Wildman–Crippen MR) is 66.1 cm³/mol. The Hall–Kier alpha value is -0.610. The summed E-state index contributed by atoms with van der Waals surface area (Å²) in [6.07, 6.45) is 2.93. The lowest BCUT2D eigenvalue weighted by Crippen LogP contribution is -2.42. The zero-order valence-electron chi connectivity index (χ0n) is 10.5. The van der Waals surface area contributed by atoms with Crippen molar-refractivity contribution in [2.75, 3.05) is 26.2 Å². The van der Waals surface area contributed by atoms with Crippen LogP contribution in [-0.2, 0) is 4.79 Å². The molecule has 0 saturated carbocycles. The Labute approximate surface area is 98.6 Å². The number of hydrogen-bond acceptors (Lipinski definition) is 3. The van der Waals surface area contributed by atoms with Crippen molar-refractivity contribution in [1.29, 1.82) is 0 Å². The molecule has 0 aromatic heterocycles. The Morgan fingerprint density at radius 3 is 2.88 bits per heavy atom. The van der Waals surface area contributed by atoms with E-state index >= 15 is 0 Å². The average Bonchev–Trinajstić information content (AvgIpc) is 2.74. The molecule has 4 heteroatoms. The number of nitrogens with zero attached hydrogens (tertiary/aromatic N) is 1. The average molecular weight is 227 g/mol. The van der Waals surface area contributed by atoms with Gasteiger partial charge in [-0.05, 0) is 31.8 Å². The van der Waals surface area contributed by atoms with E-state index in [-0.39, 0.29) is 11.9 Å². The summed E-state index contributed by atoms with van der Waals surface area (Å²) in [4.78, 5) is 14.0. The van der Waals surface area contributed by atoms with E-state index < -0.39 is 0 Å². The van der Waals surface area contributed by atoms with Gasteiger partial charge in [-0.3, -0.25) is 4.79 Å². The molecule has 1 aliphatic rings. The monoisotopic (exact) mass is 227 g/mol. The number of nitrogens with two attached hydrogens (primary N) is 1. The molecule has 1 saturated heterocycles. The smallest absolute Gasteiger partial charge is 0.236 e. The highest BCUT2D eigenvalue weighted by Crippen LogP contribution is 2.14. The van der Waals surface area contributed by atoms with Crippen LogP contribution >= 0.6 is 0 Å². The first-order chi connectivity index (χ1) is 7.67. The lowest BCUT2D eigenvalue weighted by Gasteiger charge is -2.15. The van der Waals surface area contributed by atoms with Gasteiger partial charge in [-0.2, -0.15) is 0 Å². The molecule has 16 heavy (non-hydrogen) atoms. The molecule has 2 unspecified atom stereocenters. The Morgan fingerprint density at radius 1 is 1.56 bits per heavy atom. The predicted octanol–water partition coefficient (Wildman–Crippen LogP) is 0.572. The number of amides is 1. The minimum Gasteiger partial charge on any atom is -0.354 e. The summed E-state index contributed by atoms with van der Waals surface area (Å²) in [5.41, 5.74) is 5.74. The van der Waals surface area contributed by atoms with E-state index in [2.05, 4.69) is 17.1 Å². The Balaban J connectivity index is 2.17. The first-order valence-electron chi connectivity index (χ1n) is 6.43. The summed E-state index contributed by atoms with van der Waals surface area (Å²) < 4.78 is 0. The van der Waals surface area contributed by atoms with Crippen LogP contribution in [0.4, 0.5) is 0 Å². The van der Waals surface area contributed by atoms with E-state index in [9.17, 15) is 4.79 Å². The van der Waals surface area contributed by atoms with Gasteiger partial charge in [-0.25, -0.2) is 0 Å². The highest BCUT2D eigenvalue weighted by atomic mass is 16.2. The number of carbonyl (C=O) groups is 1. The first-order valence-corrected chi connectivity index (χ1v) is 6.43. The third-order valence-corrected chi connectivity index (χ3v) is 3.32. The Kier molecular flexibility index (Phi) is 5.77. The highest BCUT2D eigenvalue weighted by molar-refractivity contribution is 5.81. The molecule has 0 radical (unpaired) electrons. The fourth-order valence-electron chi connectivity index (χ4n) is 2.18. The first kappa shape index (κ1) is 13.5. The van der Waals surface area contributed by atoms with Crippen molar-refractivity contribution in [3.8, 4) is 0 Å². The van der Waals surface area contributed by atoms with Gasteiger partial charge in [-0.15, -0.1) is 0 Å². The molecule has 0 bridgehead atoms. The minimum atomic E-state index is -0.325.